The molecule has 2 aromatic rings. The number of aryl methyl sites for hydroxylation is 1. The SMILES string of the molecule is CC(C)C(=O)Nc1ccc(Cl)c(C(=O)NC2CCCc3cc(N)ccc32)c1. The molecule has 0 radical (unpaired) electrons. The molecule has 3 rings (SSSR count). The van der Waals surface area contributed by atoms with Gasteiger partial charge in [-0.2, -0.15) is 0 Å². The van der Waals surface area contributed by atoms with Gasteiger partial charge in [-0.1, -0.05) is 31.5 Å². The quantitative estimate of drug-likeness (QED) is 0.685. The van der Waals surface area contributed by atoms with E-state index < -0.39 is 0 Å². The highest BCUT2D eigenvalue weighted by atomic mass is 35.5. The van der Waals surface area contributed by atoms with Crippen LogP contribution in [0.5, 0.6) is 0 Å². The van der Waals surface area contributed by atoms with E-state index in [1.165, 1.54) is 5.56 Å². The number of halogens is 1. The molecule has 1 unspecified atom stereocenters. The van der Waals surface area contributed by atoms with Crippen molar-refractivity contribution in [2.24, 2.45) is 5.92 Å². The molecule has 1 aliphatic rings. The molecular formula is C21H24ClN3O2. The average molecular weight is 386 g/mol. The molecule has 2 amide bonds. The Balaban J connectivity index is 1.80. The third-order valence-electron chi connectivity index (χ3n) is 4.79. The lowest BCUT2D eigenvalue weighted by atomic mass is 9.87. The van der Waals surface area contributed by atoms with E-state index in [9.17, 15) is 9.59 Å². The number of nitrogens with two attached hydrogens (primary N) is 1. The molecule has 27 heavy (non-hydrogen) atoms. The molecule has 1 aliphatic carbocycles. The third-order valence-corrected chi connectivity index (χ3v) is 5.12. The average Bonchev–Trinajstić information content (AvgIpc) is 2.63. The van der Waals surface area contributed by atoms with Crippen LogP contribution in [0.4, 0.5) is 11.4 Å². The second-order valence-corrected chi connectivity index (χ2v) is 7.62. The number of nitrogens with one attached hydrogen (secondary N) is 2. The van der Waals surface area contributed by atoms with Crippen molar-refractivity contribution < 1.29 is 9.59 Å². The molecule has 0 spiro atoms. The second-order valence-electron chi connectivity index (χ2n) is 7.22. The van der Waals surface area contributed by atoms with Gasteiger partial charge in [0.2, 0.25) is 5.91 Å². The zero-order valence-electron chi connectivity index (χ0n) is 15.5. The van der Waals surface area contributed by atoms with Gasteiger partial charge >= 0.3 is 0 Å². The molecular weight excluding hydrogens is 362 g/mol. The smallest absolute Gasteiger partial charge is 0.253 e. The third kappa shape index (κ3) is 4.42. The first kappa shape index (κ1) is 19.2. The van der Waals surface area contributed by atoms with E-state index in [4.69, 9.17) is 17.3 Å². The largest absolute Gasteiger partial charge is 0.399 e. The van der Waals surface area contributed by atoms with E-state index in [1.54, 1.807) is 18.2 Å². The predicted octanol–water partition coefficient (Wildman–Crippen LogP) is 4.32. The van der Waals surface area contributed by atoms with Crippen molar-refractivity contribution in [1.82, 2.24) is 5.32 Å². The number of anilines is 2. The van der Waals surface area contributed by atoms with Gasteiger partial charge < -0.3 is 16.4 Å². The van der Waals surface area contributed by atoms with Crippen molar-refractivity contribution in [2.75, 3.05) is 11.1 Å². The molecule has 0 aliphatic heterocycles. The van der Waals surface area contributed by atoms with Gasteiger partial charge in [-0.3, -0.25) is 9.59 Å². The van der Waals surface area contributed by atoms with E-state index >= 15 is 0 Å². The maximum atomic E-state index is 12.8. The van der Waals surface area contributed by atoms with E-state index in [1.807, 2.05) is 32.0 Å². The standard InChI is InChI=1S/C21H24ClN3O2/c1-12(2)20(26)24-15-7-9-18(22)17(11-15)21(27)25-19-5-3-4-13-10-14(23)6-8-16(13)19/h6-12,19H,3-5,23H2,1-2H3,(H,24,26)(H,25,27). The molecule has 6 heteroatoms. The van der Waals surface area contributed by atoms with E-state index in [0.29, 0.717) is 16.3 Å². The number of fused-ring (bicyclic) bond motifs is 1. The number of carbonyl (C=O) groups is 2. The molecule has 0 heterocycles. The maximum Gasteiger partial charge on any atom is 0.253 e. The molecule has 2 aromatic carbocycles. The first-order valence-corrected chi connectivity index (χ1v) is 9.52. The van der Waals surface area contributed by atoms with Gasteiger partial charge in [-0.25, -0.2) is 0 Å². The lowest BCUT2D eigenvalue weighted by molar-refractivity contribution is -0.118. The van der Waals surface area contributed by atoms with Crippen LogP contribution in [0.2, 0.25) is 5.02 Å². The zero-order valence-corrected chi connectivity index (χ0v) is 16.3. The highest BCUT2D eigenvalue weighted by molar-refractivity contribution is 6.34. The number of carbonyl (C=O) groups excluding carboxylic acids is 2. The first-order chi connectivity index (χ1) is 12.8. The number of amides is 2. The Morgan fingerprint density at radius 1 is 1.19 bits per heavy atom. The number of rotatable bonds is 4. The number of hydrogen-bond donors (Lipinski definition) is 3. The fourth-order valence-corrected chi connectivity index (χ4v) is 3.49. The molecule has 0 aromatic heterocycles. The minimum Gasteiger partial charge on any atom is -0.399 e. The van der Waals surface area contributed by atoms with E-state index in [0.717, 1.165) is 30.5 Å². The Kier molecular flexibility index (Phi) is 5.71. The van der Waals surface area contributed by atoms with Crippen LogP contribution >= 0.6 is 11.6 Å². The Labute approximate surface area is 164 Å². The highest BCUT2D eigenvalue weighted by Gasteiger charge is 2.23. The second kappa shape index (κ2) is 8.01. The van der Waals surface area contributed by atoms with Crippen molar-refractivity contribution in [3.63, 3.8) is 0 Å². The molecule has 142 valence electrons. The fraction of sp³-hybridized carbons (Fsp3) is 0.333. The normalized spacial score (nSPS) is 15.9. The summed E-state index contributed by atoms with van der Waals surface area (Å²) in [4.78, 5) is 24.8. The minimum absolute atomic E-state index is 0.0770. The van der Waals surface area contributed by atoms with Gasteiger partial charge in [-0.05, 0) is 60.7 Å². The van der Waals surface area contributed by atoms with Crippen molar-refractivity contribution >= 4 is 34.8 Å². The lowest BCUT2D eigenvalue weighted by Gasteiger charge is -2.27. The van der Waals surface area contributed by atoms with Gasteiger partial charge in [0.1, 0.15) is 0 Å². The van der Waals surface area contributed by atoms with Crippen molar-refractivity contribution in [2.45, 2.75) is 39.2 Å². The van der Waals surface area contributed by atoms with Crippen LogP contribution in [0.3, 0.4) is 0 Å². The first-order valence-electron chi connectivity index (χ1n) is 9.14. The van der Waals surface area contributed by atoms with Crippen LogP contribution in [0, 0.1) is 5.92 Å². The van der Waals surface area contributed by atoms with Crippen LogP contribution in [-0.4, -0.2) is 11.8 Å². The Bertz CT molecular complexity index is 880. The van der Waals surface area contributed by atoms with E-state index in [2.05, 4.69) is 10.6 Å². The monoisotopic (exact) mass is 385 g/mol. The summed E-state index contributed by atoms with van der Waals surface area (Å²) in [5.74, 6) is -0.512. The molecule has 1 atom stereocenters. The highest BCUT2D eigenvalue weighted by Crippen LogP contribution is 2.32. The van der Waals surface area contributed by atoms with Crippen molar-refractivity contribution in [1.29, 1.82) is 0 Å². The summed E-state index contributed by atoms with van der Waals surface area (Å²) in [6.45, 7) is 3.62. The van der Waals surface area contributed by atoms with Crippen LogP contribution in [0.15, 0.2) is 36.4 Å². The summed E-state index contributed by atoms with van der Waals surface area (Å²) in [7, 11) is 0. The minimum atomic E-state index is -0.254. The van der Waals surface area contributed by atoms with Gasteiger partial charge in [0.25, 0.3) is 5.91 Å². The van der Waals surface area contributed by atoms with Gasteiger partial charge in [0.15, 0.2) is 0 Å². The topological polar surface area (TPSA) is 84.2 Å². The van der Waals surface area contributed by atoms with Crippen LogP contribution < -0.4 is 16.4 Å². The number of nitrogen functional groups attached to an aromatic ring is 1. The zero-order chi connectivity index (χ0) is 19.6. The van der Waals surface area contributed by atoms with Gasteiger partial charge in [0, 0.05) is 17.3 Å². The molecule has 0 saturated carbocycles. The van der Waals surface area contributed by atoms with Gasteiger partial charge in [0.05, 0.1) is 16.6 Å². The Morgan fingerprint density at radius 2 is 1.96 bits per heavy atom. The van der Waals surface area contributed by atoms with Gasteiger partial charge in [-0.15, -0.1) is 0 Å². The van der Waals surface area contributed by atoms with Crippen LogP contribution in [0.25, 0.3) is 0 Å². The van der Waals surface area contributed by atoms with Crippen LogP contribution in [0.1, 0.15) is 54.2 Å². The summed E-state index contributed by atoms with van der Waals surface area (Å²) in [5, 5.41) is 6.23. The molecule has 0 saturated heterocycles. The summed E-state index contributed by atoms with van der Waals surface area (Å²) in [5.41, 5.74) is 9.79. The Morgan fingerprint density at radius 3 is 2.70 bits per heavy atom. The predicted molar refractivity (Wildman–Crippen MR) is 109 cm³/mol. The maximum absolute atomic E-state index is 12.8. The van der Waals surface area contributed by atoms with E-state index in [-0.39, 0.29) is 23.8 Å². The number of hydrogen-bond acceptors (Lipinski definition) is 3. The summed E-state index contributed by atoms with van der Waals surface area (Å²) in [6.07, 6.45) is 2.81. The lowest BCUT2D eigenvalue weighted by Crippen LogP contribution is -2.31. The molecule has 4 N–H and O–H groups in total. The number of benzene rings is 2. The fourth-order valence-electron chi connectivity index (χ4n) is 3.28. The molecule has 0 bridgehead atoms. The molecule has 5 nitrogen and oxygen atoms in total. The Hall–Kier alpha value is -2.53. The summed E-state index contributed by atoms with van der Waals surface area (Å²) < 4.78 is 0. The summed E-state index contributed by atoms with van der Waals surface area (Å²) in [6, 6.07) is 10.7. The molecule has 0 fully saturated rings. The summed E-state index contributed by atoms with van der Waals surface area (Å²) >= 11 is 6.24. The van der Waals surface area contributed by atoms with Crippen molar-refractivity contribution in [3.8, 4) is 0 Å². The van der Waals surface area contributed by atoms with Crippen molar-refractivity contribution in [3.05, 3.63) is 58.1 Å². The van der Waals surface area contributed by atoms with Crippen LogP contribution in [-0.2, 0) is 11.2 Å².